The van der Waals surface area contributed by atoms with Gasteiger partial charge in [-0.05, 0) is 39.1 Å². The predicted molar refractivity (Wildman–Crippen MR) is 148 cm³/mol. The number of nitriles is 1. The summed E-state index contributed by atoms with van der Waals surface area (Å²) in [4.78, 5) is 37.7. The molecule has 2 fully saturated rings. The number of fused-ring (bicyclic) bond motifs is 1. The van der Waals surface area contributed by atoms with Gasteiger partial charge in [0.2, 0.25) is 5.82 Å². The molecule has 0 unspecified atom stereocenters. The molecule has 43 heavy (non-hydrogen) atoms. The molecule has 4 aromatic rings. The van der Waals surface area contributed by atoms with Crippen molar-refractivity contribution in [3.63, 3.8) is 0 Å². The minimum absolute atomic E-state index is 0.136. The number of aromatic nitrogens is 7. The molecule has 0 atom stereocenters. The number of amides is 1. The molecule has 1 aliphatic carbocycles. The number of aromatic amines is 1. The summed E-state index contributed by atoms with van der Waals surface area (Å²) in [6.07, 6.45) is 3.98. The first-order chi connectivity index (χ1) is 20.6. The Labute approximate surface area is 245 Å². The second-order valence-corrected chi connectivity index (χ2v) is 11.4. The maximum atomic E-state index is 13.4. The van der Waals surface area contributed by atoms with Crippen molar-refractivity contribution in [1.82, 2.24) is 49.4 Å². The molecule has 15 heteroatoms. The molecule has 2 aliphatic rings. The third kappa shape index (κ3) is 5.55. The molecule has 1 amide bonds. The lowest BCUT2D eigenvalue weighted by molar-refractivity contribution is -0.145. The Hall–Kier alpha value is -4.42. The second kappa shape index (κ2) is 11.0. The number of piperazine rings is 1. The van der Waals surface area contributed by atoms with E-state index in [1.807, 2.05) is 23.1 Å². The Morgan fingerprint density at radius 1 is 1.19 bits per heavy atom. The number of halogens is 3. The van der Waals surface area contributed by atoms with Crippen LogP contribution in [0.2, 0.25) is 0 Å². The Bertz CT molecular complexity index is 1670. The van der Waals surface area contributed by atoms with E-state index < -0.39 is 23.4 Å². The third-order valence-corrected chi connectivity index (χ3v) is 8.18. The zero-order valence-corrected chi connectivity index (χ0v) is 23.7. The number of hydrogen-bond acceptors (Lipinski definition) is 9. The summed E-state index contributed by atoms with van der Waals surface area (Å²) in [6.45, 7) is 2.01. The maximum absolute atomic E-state index is 13.4. The van der Waals surface area contributed by atoms with Gasteiger partial charge >= 0.3 is 6.18 Å². The van der Waals surface area contributed by atoms with Crippen LogP contribution in [-0.2, 0) is 18.3 Å². The fourth-order valence-corrected chi connectivity index (χ4v) is 6.03. The largest absolute Gasteiger partial charge is 0.451 e. The van der Waals surface area contributed by atoms with Crippen LogP contribution in [-0.4, -0.2) is 102 Å². The molecule has 0 spiro atoms. The SMILES string of the molecule is CN(C)Cc1cc(C(=O)N2CCN(C3CC(CC#N)(n4cc(-c5ncnc6[nH]ccc56)cn4)C3)CC2)nc(C(F)(F)F)n1. The summed E-state index contributed by atoms with van der Waals surface area (Å²) in [5.41, 5.74) is 1.77. The molecule has 6 rings (SSSR count). The van der Waals surface area contributed by atoms with Crippen molar-refractivity contribution in [1.29, 1.82) is 5.26 Å². The van der Waals surface area contributed by atoms with Gasteiger partial charge in [0.15, 0.2) is 0 Å². The molecule has 1 aliphatic heterocycles. The fraction of sp³-hybridized carbons (Fsp3) is 0.464. The topological polar surface area (TPSA) is 136 Å². The fourth-order valence-electron chi connectivity index (χ4n) is 6.03. The lowest BCUT2D eigenvalue weighted by Crippen LogP contribution is -2.60. The van der Waals surface area contributed by atoms with E-state index in [-0.39, 0.29) is 24.0 Å². The highest BCUT2D eigenvalue weighted by Gasteiger charge is 2.49. The van der Waals surface area contributed by atoms with Crippen LogP contribution in [0.25, 0.3) is 22.3 Å². The minimum atomic E-state index is -4.76. The molecule has 0 aromatic carbocycles. The van der Waals surface area contributed by atoms with Gasteiger partial charge in [0.25, 0.3) is 5.91 Å². The number of alkyl halides is 3. The van der Waals surface area contributed by atoms with Gasteiger partial charge in [-0.2, -0.15) is 23.5 Å². The Kier molecular flexibility index (Phi) is 7.35. The molecular formula is C28H30F3N11O. The van der Waals surface area contributed by atoms with Crippen molar-refractivity contribution in [3.8, 4) is 17.3 Å². The second-order valence-electron chi connectivity index (χ2n) is 11.4. The minimum Gasteiger partial charge on any atom is -0.346 e. The van der Waals surface area contributed by atoms with Crippen LogP contribution in [0.1, 0.15) is 41.3 Å². The van der Waals surface area contributed by atoms with Gasteiger partial charge < -0.3 is 14.8 Å². The van der Waals surface area contributed by atoms with Gasteiger partial charge in [-0.25, -0.2) is 19.9 Å². The van der Waals surface area contributed by atoms with E-state index in [2.05, 4.69) is 41.0 Å². The average molecular weight is 594 g/mol. The summed E-state index contributed by atoms with van der Waals surface area (Å²) < 4.78 is 42.2. The van der Waals surface area contributed by atoms with E-state index in [0.29, 0.717) is 45.4 Å². The quantitative estimate of drug-likeness (QED) is 0.343. The monoisotopic (exact) mass is 593 g/mol. The van der Waals surface area contributed by atoms with Crippen LogP contribution < -0.4 is 0 Å². The molecule has 0 bridgehead atoms. The van der Waals surface area contributed by atoms with Gasteiger partial charge in [-0.15, -0.1) is 0 Å². The van der Waals surface area contributed by atoms with Crippen molar-refractivity contribution in [2.75, 3.05) is 40.3 Å². The lowest BCUT2D eigenvalue weighted by atomic mass is 9.70. The van der Waals surface area contributed by atoms with Crippen molar-refractivity contribution in [2.24, 2.45) is 0 Å². The normalized spacial score (nSPS) is 21.2. The molecule has 4 aromatic heterocycles. The summed E-state index contributed by atoms with van der Waals surface area (Å²) in [7, 11) is 3.43. The first-order valence-electron chi connectivity index (χ1n) is 13.9. The number of carbonyl (C=O) groups is 1. The number of rotatable bonds is 7. The average Bonchev–Trinajstić information content (AvgIpc) is 3.64. The van der Waals surface area contributed by atoms with E-state index in [9.17, 15) is 23.2 Å². The van der Waals surface area contributed by atoms with E-state index in [4.69, 9.17) is 0 Å². The van der Waals surface area contributed by atoms with Crippen molar-refractivity contribution >= 4 is 16.9 Å². The highest BCUT2D eigenvalue weighted by molar-refractivity contribution is 5.92. The number of hydrogen-bond donors (Lipinski definition) is 1. The first kappa shape index (κ1) is 28.7. The Balaban J connectivity index is 1.12. The number of H-pyrrole nitrogens is 1. The molecular weight excluding hydrogens is 563 g/mol. The van der Waals surface area contributed by atoms with Gasteiger partial charge in [0.05, 0.1) is 35.6 Å². The van der Waals surface area contributed by atoms with Crippen LogP contribution in [0, 0.1) is 11.3 Å². The van der Waals surface area contributed by atoms with E-state index in [1.54, 1.807) is 30.1 Å². The standard InChI is InChI=1S/C28H30F3N11O/c1-39(2)16-19-11-22(38-26(37-19)28(29,30)31)25(43)41-9-7-40(8-10-41)20-12-27(13-20,4-5-32)42-15-18(14-36-42)23-21-3-6-33-24(21)35-17-34-23/h3,6,11,14-15,17,20H,4,7-10,12-13,16H2,1-2H3,(H,33,34,35). The molecule has 0 radical (unpaired) electrons. The smallest absolute Gasteiger partial charge is 0.346 e. The van der Waals surface area contributed by atoms with Crippen molar-refractivity contribution in [2.45, 2.75) is 43.6 Å². The van der Waals surface area contributed by atoms with Crippen LogP contribution >= 0.6 is 0 Å². The molecule has 224 valence electrons. The summed E-state index contributed by atoms with van der Waals surface area (Å²) in [5.74, 6) is -1.85. The third-order valence-electron chi connectivity index (χ3n) is 8.18. The first-order valence-corrected chi connectivity index (χ1v) is 13.9. The van der Waals surface area contributed by atoms with Gasteiger partial charge in [0, 0.05) is 62.1 Å². The van der Waals surface area contributed by atoms with Crippen LogP contribution in [0.15, 0.2) is 37.1 Å². The Morgan fingerprint density at radius 3 is 2.65 bits per heavy atom. The zero-order chi connectivity index (χ0) is 30.4. The molecule has 1 N–H and O–H groups in total. The predicted octanol–water partition coefficient (Wildman–Crippen LogP) is 2.92. The van der Waals surface area contributed by atoms with Crippen LogP contribution in [0.4, 0.5) is 13.2 Å². The molecule has 1 saturated carbocycles. The maximum Gasteiger partial charge on any atom is 0.451 e. The van der Waals surface area contributed by atoms with E-state index in [0.717, 1.165) is 22.3 Å². The number of carbonyl (C=O) groups excluding carboxylic acids is 1. The van der Waals surface area contributed by atoms with E-state index >= 15 is 0 Å². The van der Waals surface area contributed by atoms with Crippen molar-refractivity contribution < 1.29 is 18.0 Å². The molecule has 12 nitrogen and oxygen atoms in total. The zero-order valence-electron chi connectivity index (χ0n) is 23.7. The lowest BCUT2D eigenvalue weighted by Gasteiger charge is -2.52. The van der Waals surface area contributed by atoms with E-state index in [1.165, 1.54) is 12.4 Å². The van der Waals surface area contributed by atoms with Crippen molar-refractivity contribution in [3.05, 3.63) is 54.3 Å². The highest BCUT2D eigenvalue weighted by atomic mass is 19.4. The van der Waals surface area contributed by atoms with Crippen LogP contribution in [0.5, 0.6) is 0 Å². The van der Waals surface area contributed by atoms with Gasteiger partial charge in [0.1, 0.15) is 17.7 Å². The molecule has 5 heterocycles. The Morgan fingerprint density at radius 2 is 1.95 bits per heavy atom. The van der Waals surface area contributed by atoms with Gasteiger partial charge in [-0.3, -0.25) is 14.4 Å². The van der Waals surface area contributed by atoms with Crippen LogP contribution in [0.3, 0.4) is 0 Å². The molecule has 1 saturated heterocycles. The number of nitrogens with zero attached hydrogens (tertiary/aromatic N) is 10. The van der Waals surface area contributed by atoms with Gasteiger partial charge in [-0.1, -0.05) is 0 Å². The summed E-state index contributed by atoms with van der Waals surface area (Å²) in [5, 5.41) is 15.2. The highest BCUT2D eigenvalue weighted by Crippen LogP contribution is 2.45. The number of nitrogens with one attached hydrogen (secondary N) is 1. The summed E-state index contributed by atoms with van der Waals surface area (Å²) in [6, 6.07) is 5.77. The summed E-state index contributed by atoms with van der Waals surface area (Å²) >= 11 is 0.